The molecule has 0 aromatic heterocycles. The fourth-order valence-electron chi connectivity index (χ4n) is 1.56. The Balaban J connectivity index is 2.83. The highest BCUT2D eigenvalue weighted by Gasteiger charge is 2.33. The van der Waals surface area contributed by atoms with Crippen molar-refractivity contribution in [2.75, 3.05) is 10.6 Å². The molecule has 1 aromatic carbocycles. The van der Waals surface area contributed by atoms with E-state index in [4.69, 9.17) is 5.26 Å². The predicted octanol–water partition coefficient (Wildman–Crippen LogP) is 4.08. The molecule has 0 saturated heterocycles. The minimum Gasteiger partial charge on any atom is -0.326 e. The number of anilines is 1. The van der Waals surface area contributed by atoms with E-state index in [1.54, 1.807) is 0 Å². The molecule has 7 heteroatoms. The molecule has 1 rings (SSSR count). The summed E-state index contributed by atoms with van der Waals surface area (Å²) in [5, 5.41) is 11.8. The Morgan fingerprint density at radius 1 is 1.35 bits per heavy atom. The van der Waals surface area contributed by atoms with Crippen LogP contribution in [0.4, 0.5) is 18.9 Å². The van der Waals surface area contributed by atoms with Gasteiger partial charge in [-0.3, -0.25) is 4.79 Å². The number of unbranched alkanes of at least 4 members (excludes halogenated alkanes) is 1. The zero-order valence-electron chi connectivity index (χ0n) is 10.4. The molecule has 0 heterocycles. The summed E-state index contributed by atoms with van der Waals surface area (Å²) in [5.74, 6) is -0.344. The summed E-state index contributed by atoms with van der Waals surface area (Å²) >= 11 is 3.23. The summed E-state index contributed by atoms with van der Waals surface area (Å²) in [7, 11) is 0. The van der Waals surface area contributed by atoms with Crippen LogP contribution in [0.2, 0.25) is 0 Å². The maximum absolute atomic E-state index is 12.7. The zero-order valence-corrected chi connectivity index (χ0v) is 12.0. The van der Waals surface area contributed by atoms with E-state index >= 15 is 0 Å². The molecule has 0 atom stereocenters. The van der Waals surface area contributed by atoms with Crippen LogP contribution in [0, 0.1) is 11.3 Å². The molecule has 0 aliphatic heterocycles. The molecule has 108 valence electrons. The Morgan fingerprint density at radius 3 is 2.60 bits per heavy atom. The number of nitrogens with zero attached hydrogens (tertiary/aromatic N) is 1. The third-order valence-electron chi connectivity index (χ3n) is 2.52. The lowest BCUT2D eigenvalue weighted by Gasteiger charge is -2.11. The summed E-state index contributed by atoms with van der Waals surface area (Å²) in [5.41, 5.74) is -1.46. The molecular formula is C13H12BrF3N2O. The number of hydrogen-bond acceptors (Lipinski definition) is 2. The highest BCUT2D eigenvalue weighted by molar-refractivity contribution is 9.09. The number of nitrogens with one attached hydrogen (secondary N) is 1. The molecule has 0 aliphatic rings. The predicted molar refractivity (Wildman–Crippen MR) is 72.4 cm³/mol. The maximum Gasteiger partial charge on any atom is 0.417 e. The maximum atomic E-state index is 12.7. The number of hydrogen-bond donors (Lipinski definition) is 1. The van der Waals surface area contributed by atoms with E-state index in [1.165, 1.54) is 12.1 Å². The Hall–Kier alpha value is -1.55. The minimum absolute atomic E-state index is 0.0418. The number of amides is 1. The molecule has 0 unspecified atom stereocenters. The first-order chi connectivity index (χ1) is 9.38. The van der Waals surface area contributed by atoms with Crippen LogP contribution < -0.4 is 5.32 Å². The summed E-state index contributed by atoms with van der Waals surface area (Å²) in [6, 6.07) is 4.61. The first-order valence-electron chi connectivity index (χ1n) is 5.85. The molecule has 0 saturated carbocycles. The standard InChI is InChI=1S/C13H12BrF3N2O/c14-6-2-1-3-12(20)19-10-5-4-9(8-18)11(7-10)13(15,16)17/h4-5,7H,1-3,6H2,(H,19,20). The smallest absolute Gasteiger partial charge is 0.326 e. The van der Waals surface area contributed by atoms with Gasteiger partial charge in [0.1, 0.15) is 0 Å². The van der Waals surface area contributed by atoms with Gasteiger partial charge in [0.25, 0.3) is 0 Å². The molecule has 0 radical (unpaired) electrons. The third-order valence-corrected chi connectivity index (χ3v) is 3.08. The first-order valence-corrected chi connectivity index (χ1v) is 6.97. The van der Waals surface area contributed by atoms with Crippen LogP contribution in [-0.4, -0.2) is 11.2 Å². The summed E-state index contributed by atoms with van der Waals surface area (Å²) in [6.07, 6.45) is -2.91. The number of alkyl halides is 4. The lowest BCUT2D eigenvalue weighted by Crippen LogP contribution is -2.13. The van der Waals surface area contributed by atoms with Crippen LogP contribution in [0.5, 0.6) is 0 Å². The number of carbonyl (C=O) groups is 1. The second-order valence-corrected chi connectivity index (χ2v) is 4.86. The van der Waals surface area contributed by atoms with Crippen molar-refractivity contribution in [1.29, 1.82) is 5.26 Å². The number of halogens is 4. The molecule has 0 bridgehead atoms. The number of carbonyl (C=O) groups excluding carboxylic acids is 1. The van der Waals surface area contributed by atoms with Crippen LogP contribution in [0.15, 0.2) is 18.2 Å². The average molecular weight is 349 g/mol. The van der Waals surface area contributed by atoms with Crippen molar-refractivity contribution in [3.05, 3.63) is 29.3 Å². The van der Waals surface area contributed by atoms with E-state index < -0.39 is 17.3 Å². The van der Waals surface area contributed by atoms with Crippen molar-refractivity contribution < 1.29 is 18.0 Å². The fraction of sp³-hybridized carbons (Fsp3) is 0.385. The summed E-state index contributed by atoms with van der Waals surface area (Å²) < 4.78 is 38.2. The fourth-order valence-corrected chi connectivity index (χ4v) is 1.95. The molecular weight excluding hydrogens is 337 g/mol. The number of benzene rings is 1. The van der Waals surface area contributed by atoms with Gasteiger partial charge in [0.2, 0.25) is 5.91 Å². The first kappa shape index (κ1) is 16.5. The second kappa shape index (κ2) is 7.29. The molecule has 1 N–H and O–H groups in total. The van der Waals surface area contributed by atoms with Gasteiger partial charge in [0, 0.05) is 17.4 Å². The van der Waals surface area contributed by atoms with Crippen molar-refractivity contribution in [3.8, 4) is 6.07 Å². The van der Waals surface area contributed by atoms with Gasteiger partial charge in [0.15, 0.2) is 0 Å². The van der Waals surface area contributed by atoms with Gasteiger partial charge in [0.05, 0.1) is 17.2 Å². The molecule has 1 aromatic rings. The Kier molecular flexibility index (Phi) is 6.02. The van der Waals surface area contributed by atoms with Gasteiger partial charge < -0.3 is 5.32 Å². The molecule has 0 aliphatic carbocycles. The number of nitriles is 1. The van der Waals surface area contributed by atoms with Gasteiger partial charge in [-0.1, -0.05) is 15.9 Å². The lowest BCUT2D eigenvalue weighted by molar-refractivity contribution is -0.137. The van der Waals surface area contributed by atoms with Crippen molar-refractivity contribution >= 4 is 27.5 Å². The largest absolute Gasteiger partial charge is 0.417 e. The lowest BCUT2D eigenvalue weighted by atomic mass is 10.1. The highest BCUT2D eigenvalue weighted by atomic mass is 79.9. The van der Waals surface area contributed by atoms with Gasteiger partial charge in [-0.25, -0.2) is 0 Å². The topological polar surface area (TPSA) is 52.9 Å². The van der Waals surface area contributed by atoms with Gasteiger partial charge >= 0.3 is 6.18 Å². The minimum atomic E-state index is -4.62. The summed E-state index contributed by atoms with van der Waals surface area (Å²) in [6.45, 7) is 0. The molecule has 3 nitrogen and oxygen atoms in total. The van der Waals surface area contributed by atoms with Crippen LogP contribution in [0.1, 0.15) is 30.4 Å². The monoisotopic (exact) mass is 348 g/mol. The normalized spacial score (nSPS) is 10.9. The van der Waals surface area contributed by atoms with Crippen LogP contribution in [-0.2, 0) is 11.0 Å². The second-order valence-electron chi connectivity index (χ2n) is 4.06. The highest BCUT2D eigenvalue weighted by Crippen LogP contribution is 2.33. The third kappa shape index (κ3) is 4.85. The van der Waals surface area contributed by atoms with E-state index in [-0.39, 0.29) is 18.0 Å². The quantitative estimate of drug-likeness (QED) is 0.643. The Labute approximate surface area is 122 Å². The Bertz CT molecular complexity index is 523. The van der Waals surface area contributed by atoms with Gasteiger partial charge in [-0.2, -0.15) is 18.4 Å². The van der Waals surface area contributed by atoms with E-state index in [0.717, 1.165) is 23.9 Å². The van der Waals surface area contributed by atoms with Gasteiger partial charge in [-0.05, 0) is 31.0 Å². The zero-order chi connectivity index (χ0) is 15.2. The van der Waals surface area contributed by atoms with Crippen molar-refractivity contribution in [2.45, 2.75) is 25.4 Å². The summed E-state index contributed by atoms with van der Waals surface area (Å²) in [4.78, 5) is 11.5. The van der Waals surface area contributed by atoms with E-state index in [2.05, 4.69) is 21.2 Å². The van der Waals surface area contributed by atoms with E-state index in [9.17, 15) is 18.0 Å². The van der Waals surface area contributed by atoms with Crippen LogP contribution in [0.25, 0.3) is 0 Å². The average Bonchev–Trinajstić information content (AvgIpc) is 2.38. The van der Waals surface area contributed by atoms with Crippen LogP contribution in [0.3, 0.4) is 0 Å². The molecule has 20 heavy (non-hydrogen) atoms. The van der Waals surface area contributed by atoms with E-state index in [0.29, 0.717) is 6.42 Å². The molecule has 0 fully saturated rings. The van der Waals surface area contributed by atoms with E-state index in [1.807, 2.05) is 0 Å². The Morgan fingerprint density at radius 2 is 2.05 bits per heavy atom. The molecule has 0 spiro atoms. The van der Waals surface area contributed by atoms with Crippen molar-refractivity contribution in [1.82, 2.24) is 0 Å². The SMILES string of the molecule is N#Cc1ccc(NC(=O)CCCCBr)cc1C(F)(F)F. The van der Waals surface area contributed by atoms with Crippen LogP contribution >= 0.6 is 15.9 Å². The molecule has 1 amide bonds. The van der Waals surface area contributed by atoms with Gasteiger partial charge in [-0.15, -0.1) is 0 Å². The van der Waals surface area contributed by atoms with Crippen molar-refractivity contribution in [3.63, 3.8) is 0 Å². The van der Waals surface area contributed by atoms with Crippen molar-refractivity contribution in [2.24, 2.45) is 0 Å². The number of rotatable bonds is 5.